The zero-order chi connectivity index (χ0) is 21.9. The maximum atomic E-state index is 12.6. The molecular formula is C25H28N2O4S. The highest BCUT2D eigenvalue weighted by atomic mass is 32.2. The number of carbonyl (C=O) groups excluding carboxylic acids is 2. The molecule has 0 N–H and O–H groups in total. The number of piperidine rings is 1. The molecule has 32 heavy (non-hydrogen) atoms. The van der Waals surface area contributed by atoms with Gasteiger partial charge in [-0.1, -0.05) is 42.5 Å². The fourth-order valence-electron chi connectivity index (χ4n) is 5.03. The van der Waals surface area contributed by atoms with Crippen LogP contribution in [0.2, 0.25) is 0 Å². The third-order valence-corrected chi connectivity index (χ3v) is 7.49. The average Bonchev–Trinajstić information content (AvgIpc) is 3.33. The Bertz CT molecular complexity index is 961. The maximum Gasteiger partial charge on any atom is 0.411 e. The maximum absolute atomic E-state index is 12.6. The van der Waals surface area contributed by atoms with Crippen LogP contribution in [0, 0.1) is 0 Å². The first-order valence-electron chi connectivity index (χ1n) is 11.3. The highest BCUT2D eigenvalue weighted by Crippen LogP contribution is 2.44. The first-order chi connectivity index (χ1) is 15.7. The minimum atomic E-state index is -0.201. The van der Waals surface area contributed by atoms with Gasteiger partial charge in [0, 0.05) is 31.3 Å². The molecule has 2 atom stereocenters. The summed E-state index contributed by atoms with van der Waals surface area (Å²) in [5.41, 5.74) is 2.50. The van der Waals surface area contributed by atoms with Crippen LogP contribution in [-0.4, -0.2) is 65.1 Å². The van der Waals surface area contributed by atoms with Crippen molar-refractivity contribution in [3.63, 3.8) is 0 Å². The predicted molar refractivity (Wildman–Crippen MR) is 124 cm³/mol. The number of para-hydroxylation sites is 1. The second-order valence-electron chi connectivity index (χ2n) is 8.50. The number of likely N-dealkylation sites (tertiary alicyclic amines) is 1. The molecule has 3 aliphatic rings. The van der Waals surface area contributed by atoms with Crippen LogP contribution >= 0.6 is 11.8 Å². The van der Waals surface area contributed by atoms with E-state index in [-0.39, 0.29) is 30.2 Å². The van der Waals surface area contributed by atoms with E-state index < -0.39 is 0 Å². The number of carbonyl (C=O) groups is 2. The monoisotopic (exact) mass is 452 g/mol. The van der Waals surface area contributed by atoms with Gasteiger partial charge in [-0.25, -0.2) is 4.79 Å². The Morgan fingerprint density at radius 3 is 2.62 bits per heavy atom. The normalized spacial score (nSPS) is 22.4. The SMILES string of the molecule is O=C(CSCCOc1ccccc1)N1CCC(N2C(=O)O[C@H]3Cc4ccccc4[C@H]32)CC1. The van der Waals surface area contributed by atoms with Crippen molar-refractivity contribution in [2.45, 2.75) is 37.5 Å². The van der Waals surface area contributed by atoms with E-state index in [9.17, 15) is 9.59 Å². The number of ether oxygens (including phenoxy) is 2. The van der Waals surface area contributed by atoms with Gasteiger partial charge in [0.15, 0.2) is 0 Å². The fraction of sp³-hybridized carbons (Fsp3) is 0.440. The Morgan fingerprint density at radius 2 is 1.81 bits per heavy atom. The number of amides is 2. The van der Waals surface area contributed by atoms with E-state index in [0.29, 0.717) is 25.4 Å². The Labute approximate surface area is 192 Å². The van der Waals surface area contributed by atoms with Crippen molar-refractivity contribution in [1.29, 1.82) is 0 Å². The molecule has 0 aromatic heterocycles. The first kappa shape index (κ1) is 21.2. The first-order valence-corrected chi connectivity index (χ1v) is 12.5. The second kappa shape index (κ2) is 9.45. The van der Waals surface area contributed by atoms with Crippen LogP contribution < -0.4 is 4.74 Å². The largest absolute Gasteiger partial charge is 0.493 e. The standard InChI is InChI=1S/C25H28N2O4S/c28-23(17-32-15-14-30-20-7-2-1-3-8-20)26-12-10-19(11-13-26)27-24-21-9-5-4-6-18(21)16-22(24)31-25(27)29/h1-9,19,22,24H,10-17H2/t22-,24+/m0/s1. The van der Waals surface area contributed by atoms with E-state index in [4.69, 9.17) is 9.47 Å². The summed E-state index contributed by atoms with van der Waals surface area (Å²) in [5.74, 6) is 2.27. The van der Waals surface area contributed by atoms with E-state index in [1.807, 2.05) is 52.3 Å². The molecule has 0 spiro atoms. The summed E-state index contributed by atoms with van der Waals surface area (Å²) in [6, 6.07) is 18.2. The van der Waals surface area contributed by atoms with Crippen LogP contribution in [0.25, 0.3) is 0 Å². The zero-order valence-electron chi connectivity index (χ0n) is 18.0. The molecule has 2 aromatic carbocycles. The van der Waals surface area contributed by atoms with Crippen LogP contribution in [0.5, 0.6) is 5.75 Å². The average molecular weight is 453 g/mol. The smallest absolute Gasteiger partial charge is 0.411 e. The second-order valence-corrected chi connectivity index (χ2v) is 9.61. The molecule has 168 valence electrons. The lowest BCUT2D eigenvalue weighted by molar-refractivity contribution is -0.129. The quantitative estimate of drug-likeness (QED) is 0.596. The summed E-state index contributed by atoms with van der Waals surface area (Å²) in [6.45, 7) is 1.96. The molecular weight excluding hydrogens is 424 g/mol. The van der Waals surface area contributed by atoms with Gasteiger partial charge in [0.25, 0.3) is 0 Å². The molecule has 0 saturated carbocycles. The summed E-state index contributed by atoms with van der Waals surface area (Å²) < 4.78 is 11.4. The molecule has 2 fully saturated rings. The number of fused-ring (bicyclic) bond motifs is 3. The third-order valence-electron chi connectivity index (χ3n) is 6.59. The number of benzene rings is 2. The summed E-state index contributed by atoms with van der Waals surface area (Å²) in [4.78, 5) is 29.1. The molecule has 1 aliphatic carbocycles. The van der Waals surface area contributed by atoms with Crippen molar-refractivity contribution in [1.82, 2.24) is 9.80 Å². The van der Waals surface area contributed by atoms with E-state index in [0.717, 1.165) is 30.8 Å². The lowest BCUT2D eigenvalue weighted by atomic mass is 9.99. The molecule has 6 nitrogen and oxygen atoms in total. The number of thioether (sulfide) groups is 1. The van der Waals surface area contributed by atoms with E-state index in [2.05, 4.69) is 12.1 Å². The van der Waals surface area contributed by atoms with Gasteiger partial charge in [0.2, 0.25) is 5.91 Å². The molecule has 5 rings (SSSR count). The molecule has 0 unspecified atom stereocenters. The topological polar surface area (TPSA) is 59.1 Å². The summed E-state index contributed by atoms with van der Waals surface area (Å²) in [7, 11) is 0. The van der Waals surface area contributed by atoms with Crippen molar-refractivity contribution >= 4 is 23.8 Å². The predicted octanol–water partition coefficient (Wildman–Crippen LogP) is 3.91. The van der Waals surface area contributed by atoms with Gasteiger partial charge in [-0.2, -0.15) is 0 Å². The number of hydrogen-bond acceptors (Lipinski definition) is 5. The summed E-state index contributed by atoms with van der Waals surface area (Å²) in [5, 5.41) is 0. The lowest BCUT2D eigenvalue weighted by Crippen LogP contribution is -2.48. The van der Waals surface area contributed by atoms with Crippen molar-refractivity contribution in [2.75, 3.05) is 31.2 Å². The van der Waals surface area contributed by atoms with Crippen LogP contribution in [0.1, 0.15) is 30.0 Å². The van der Waals surface area contributed by atoms with Gasteiger partial charge in [0.05, 0.1) is 18.4 Å². The minimum absolute atomic E-state index is 0.0196. The van der Waals surface area contributed by atoms with E-state index >= 15 is 0 Å². The molecule has 2 aromatic rings. The Balaban J connectivity index is 1.08. The Hall–Kier alpha value is -2.67. The molecule has 7 heteroatoms. The van der Waals surface area contributed by atoms with Crippen LogP contribution in [-0.2, 0) is 16.0 Å². The van der Waals surface area contributed by atoms with Gasteiger partial charge in [-0.3, -0.25) is 9.69 Å². The van der Waals surface area contributed by atoms with Gasteiger partial charge in [-0.05, 0) is 36.1 Å². The summed E-state index contributed by atoms with van der Waals surface area (Å²) >= 11 is 1.60. The van der Waals surface area contributed by atoms with Gasteiger partial charge in [0.1, 0.15) is 11.9 Å². The van der Waals surface area contributed by atoms with Gasteiger partial charge in [-0.15, -0.1) is 11.8 Å². The highest BCUT2D eigenvalue weighted by molar-refractivity contribution is 7.99. The molecule has 2 heterocycles. The summed E-state index contributed by atoms with van der Waals surface area (Å²) in [6.07, 6.45) is 2.12. The van der Waals surface area contributed by atoms with Crippen LogP contribution in [0.3, 0.4) is 0 Å². The van der Waals surface area contributed by atoms with Crippen LogP contribution in [0.15, 0.2) is 54.6 Å². The Kier molecular flexibility index (Phi) is 6.26. The number of rotatable bonds is 7. The molecule has 0 bridgehead atoms. The van der Waals surface area contributed by atoms with Crippen molar-refractivity contribution in [3.8, 4) is 5.75 Å². The fourth-order valence-corrected chi connectivity index (χ4v) is 5.73. The van der Waals surface area contributed by atoms with E-state index in [1.165, 1.54) is 11.1 Å². The Morgan fingerprint density at radius 1 is 1.06 bits per heavy atom. The molecule has 2 saturated heterocycles. The van der Waals surface area contributed by atoms with Gasteiger partial charge < -0.3 is 14.4 Å². The van der Waals surface area contributed by atoms with Crippen molar-refractivity contribution < 1.29 is 19.1 Å². The zero-order valence-corrected chi connectivity index (χ0v) is 18.8. The molecule has 2 aliphatic heterocycles. The number of hydrogen-bond donors (Lipinski definition) is 0. The van der Waals surface area contributed by atoms with Crippen LogP contribution in [0.4, 0.5) is 4.79 Å². The minimum Gasteiger partial charge on any atom is -0.493 e. The third kappa shape index (κ3) is 4.31. The number of nitrogens with zero attached hydrogens (tertiary/aromatic N) is 2. The highest BCUT2D eigenvalue weighted by Gasteiger charge is 2.50. The van der Waals surface area contributed by atoms with Crippen molar-refractivity contribution in [3.05, 3.63) is 65.7 Å². The van der Waals surface area contributed by atoms with Crippen molar-refractivity contribution in [2.24, 2.45) is 0 Å². The van der Waals surface area contributed by atoms with E-state index in [1.54, 1.807) is 11.8 Å². The molecule has 0 radical (unpaired) electrons. The van der Waals surface area contributed by atoms with Gasteiger partial charge >= 0.3 is 6.09 Å². The lowest BCUT2D eigenvalue weighted by Gasteiger charge is -2.38. The molecule has 2 amide bonds.